The highest BCUT2D eigenvalue weighted by Crippen LogP contribution is 2.39. The van der Waals surface area contributed by atoms with Gasteiger partial charge in [-0.15, -0.1) is 11.3 Å². The maximum atomic E-state index is 6.32. The Balaban J connectivity index is 2.48. The van der Waals surface area contributed by atoms with Crippen molar-refractivity contribution in [2.75, 3.05) is 6.54 Å². The molecule has 1 N–H and O–H groups in total. The monoisotopic (exact) mass is 441 g/mol. The van der Waals surface area contributed by atoms with Crippen LogP contribution in [0.4, 0.5) is 0 Å². The van der Waals surface area contributed by atoms with E-state index in [1.807, 2.05) is 12.1 Å². The summed E-state index contributed by atoms with van der Waals surface area (Å²) in [7, 11) is 0. The highest BCUT2D eigenvalue weighted by atomic mass is 79.9. The van der Waals surface area contributed by atoms with Crippen molar-refractivity contribution in [3.63, 3.8) is 0 Å². The van der Waals surface area contributed by atoms with Crippen LogP contribution in [0, 0.1) is 0 Å². The molecule has 1 heterocycles. The molecule has 0 aliphatic heterocycles. The van der Waals surface area contributed by atoms with Crippen LogP contribution in [0.3, 0.4) is 0 Å². The van der Waals surface area contributed by atoms with Gasteiger partial charge in [-0.05, 0) is 67.7 Å². The van der Waals surface area contributed by atoms with Crippen LogP contribution in [0.5, 0.6) is 0 Å². The molecule has 0 aliphatic carbocycles. The summed E-state index contributed by atoms with van der Waals surface area (Å²) in [5.41, 5.74) is 2.20. The minimum atomic E-state index is 0.0479. The number of rotatable bonds is 4. The van der Waals surface area contributed by atoms with E-state index in [-0.39, 0.29) is 6.04 Å². The molecule has 102 valence electrons. The molecule has 0 bridgehead atoms. The Bertz CT molecular complexity index is 586. The van der Waals surface area contributed by atoms with Gasteiger partial charge in [-0.3, -0.25) is 0 Å². The number of halogens is 4. The minimum absolute atomic E-state index is 0.0479. The third kappa shape index (κ3) is 3.74. The fraction of sp³-hybridized carbons (Fsp3) is 0.231. The van der Waals surface area contributed by atoms with Crippen molar-refractivity contribution in [1.82, 2.24) is 5.32 Å². The predicted octanol–water partition coefficient (Wildman–Crippen LogP) is 6.28. The Labute approximate surface area is 143 Å². The van der Waals surface area contributed by atoms with E-state index in [2.05, 4.69) is 50.2 Å². The van der Waals surface area contributed by atoms with Crippen LogP contribution in [-0.4, -0.2) is 6.54 Å². The van der Waals surface area contributed by atoms with Crippen molar-refractivity contribution in [3.05, 3.63) is 53.0 Å². The Kier molecular flexibility index (Phi) is 5.76. The van der Waals surface area contributed by atoms with E-state index in [1.54, 1.807) is 17.4 Å². The van der Waals surface area contributed by atoms with Crippen molar-refractivity contribution in [3.8, 4) is 0 Å². The lowest BCUT2D eigenvalue weighted by atomic mass is 10.0. The molecule has 0 radical (unpaired) electrons. The third-order valence-electron chi connectivity index (χ3n) is 2.68. The van der Waals surface area contributed by atoms with Crippen LogP contribution in [-0.2, 0) is 0 Å². The van der Waals surface area contributed by atoms with Gasteiger partial charge in [-0.25, -0.2) is 0 Å². The molecule has 0 saturated heterocycles. The summed E-state index contributed by atoms with van der Waals surface area (Å²) >= 11 is 21.0. The average Bonchev–Trinajstić information content (AvgIpc) is 2.66. The topological polar surface area (TPSA) is 12.0 Å². The zero-order chi connectivity index (χ0) is 14.0. The molecule has 1 aromatic heterocycles. The molecule has 0 amide bonds. The zero-order valence-electron chi connectivity index (χ0n) is 10.0. The average molecular weight is 444 g/mol. The summed E-state index contributed by atoms with van der Waals surface area (Å²) in [6.07, 6.45) is 0. The summed E-state index contributed by atoms with van der Waals surface area (Å²) in [6, 6.07) is 7.76. The molecule has 0 saturated carbocycles. The number of thiophene rings is 1. The summed E-state index contributed by atoms with van der Waals surface area (Å²) < 4.78 is 2.18. The Morgan fingerprint density at radius 1 is 1.21 bits per heavy atom. The summed E-state index contributed by atoms with van der Waals surface area (Å²) in [5, 5.41) is 4.78. The lowest BCUT2D eigenvalue weighted by Crippen LogP contribution is -2.22. The first-order valence-electron chi connectivity index (χ1n) is 5.66. The molecular formula is C13H11Br2Cl2NS. The number of nitrogens with one attached hydrogen (secondary N) is 1. The summed E-state index contributed by atoms with van der Waals surface area (Å²) in [6.45, 7) is 2.93. The van der Waals surface area contributed by atoms with Gasteiger partial charge in [0.1, 0.15) is 0 Å². The maximum Gasteiger partial charge on any atom is 0.0761 e. The SMILES string of the molecule is CCNC(c1ccc(Cl)cc1Cl)c1cc(Br)sc1Br. The van der Waals surface area contributed by atoms with E-state index in [0.717, 1.165) is 19.7 Å². The van der Waals surface area contributed by atoms with Crippen molar-refractivity contribution in [2.45, 2.75) is 13.0 Å². The van der Waals surface area contributed by atoms with Gasteiger partial charge in [0.2, 0.25) is 0 Å². The second kappa shape index (κ2) is 6.92. The Morgan fingerprint density at radius 3 is 2.47 bits per heavy atom. The maximum absolute atomic E-state index is 6.32. The van der Waals surface area contributed by atoms with Gasteiger partial charge in [0.05, 0.1) is 13.6 Å². The summed E-state index contributed by atoms with van der Waals surface area (Å²) in [4.78, 5) is 0. The van der Waals surface area contributed by atoms with Crippen LogP contribution in [0.15, 0.2) is 31.8 Å². The fourth-order valence-electron chi connectivity index (χ4n) is 1.88. The standard InChI is InChI=1S/C13H11Br2Cl2NS/c1-2-18-12(9-6-11(14)19-13(9)15)8-4-3-7(16)5-10(8)17/h3-6,12,18H,2H2,1H3. The van der Waals surface area contributed by atoms with Crippen molar-refractivity contribution < 1.29 is 0 Å². The van der Waals surface area contributed by atoms with Crippen molar-refractivity contribution in [2.24, 2.45) is 0 Å². The van der Waals surface area contributed by atoms with Gasteiger partial charge in [0.25, 0.3) is 0 Å². The molecule has 1 nitrogen and oxygen atoms in total. The van der Waals surface area contributed by atoms with E-state index in [1.165, 1.54) is 5.56 Å². The number of hydrogen-bond acceptors (Lipinski definition) is 2. The molecule has 1 atom stereocenters. The van der Waals surface area contributed by atoms with Gasteiger partial charge in [-0.2, -0.15) is 0 Å². The Hall–Kier alpha value is 0.420. The molecular weight excluding hydrogens is 433 g/mol. The quantitative estimate of drug-likeness (QED) is 0.586. The molecule has 0 fully saturated rings. The molecule has 0 spiro atoms. The molecule has 0 aliphatic rings. The largest absolute Gasteiger partial charge is 0.306 e. The van der Waals surface area contributed by atoms with E-state index >= 15 is 0 Å². The molecule has 6 heteroatoms. The van der Waals surface area contributed by atoms with Crippen molar-refractivity contribution >= 4 is 66.4 Å². The highest BCUT2D eigenvalue weighted by Gasteiger charge is 2.20. The molecule has 1 unspecified atom stereocenters. The Morgan fingerprint density at radius 2 is 1.95 bits per heavy atom. The smallest absolute Gasteiger partial charge is 0.0761 e. The first-order chi connectivity index (χ1) is 9.02. The van der Waals surface area contributed by atoms with Crippen LogP contribution in [0.25, 0.3) is 0 Å². The zero-order valence-corrected chi connectivity index (χ0v) is 15.5. The van der Waals surface area contributed by atoms with Gasteiger partial charge in [-0.1, -0.05) is 36.2 Å². The number of benzene rings is 1. The van der Waals surface area contributed by atoms with Gasteiger partial charge >= 0.3 is 0 Å². The van der Waals surface area contributed by atoms with Gasteiger partial charge < -0.3 is 5.32 Å². The number of hydrogen-bond donors (Lipinski definition) is 1. The second-order valence-electron chi connectivity index (χ2n) is 3.94. The van der Waals surface area contributed by atoms with E-state index in [9.17, 15) is 0 Å². The lowest BCUT2D eigenvalue weighted by Gasteiger charge is -2.19. The normalized spacial score (nSPS) is 12.7. The van der Waals surface area contributed by atoms with Crippen LogP contribution in [0.1, 0.15) is 24.1 Å². The molecule has 19 heavy (non-hydrogen) atoms. The van der Waals surface area contributed by atoms with Gasteiger partial charge in [0.15, 0.2) is 0 Å². The van der Waals surface area contributed by atoms with E-state index < -0.39 is 0 Å². The molecule has 2 aromatic rings. The van der Waals surface area contributed by atoms with Crippen molar-refractivity contribution in [1.29, 1.82) is 0 Å². The minimum Gasteiger partial charge on any atom is -0.306 e. The van der Waals surface area contributed by atoms with Crippen LogP contribution >= 0.6 is 66.4 Å². The van der Waals surface area contributed by atoms with E-state index in [0.29, 0.717) is 10.0 Å². The predicted molar refractivity (Wildman–Crippen MR) is 91.7 cm³/mol. The third-order valence-corrected chi connectivity index (χ3v) is 5.62. The van der Waals surface area contributed by atoms with Crippen LogP contribution < -0.4 is 5.32 Å². The van der Waals surface area contributed by atoms with Gasteiger partial charge in [0, 0.05) is 10.0 Å². The van der Waals surface area contributed by atoms with E-state index in [4.69, 9.17) is 23.2 Å². The molecule has 1 aromatic carbocycles. The van der Waals surface area contributed by atoms with Crippen LogP contribution in [0.2, 0.25) is 10.0 Å². The lowest BCUT2D eigenvalue weighted by molar-refractivity contribution is 0.631. The fourth-order valence-corrected chi connectivity index (χ4v) is 5.30. The highest BCUT2D eigenvalue weighted by molar-refractivity contribution is 9.12. The molecule has 2 rings (SSSR count). The second-order valence-corrected chi connectivity index (χ2v) is 8.53. The first-order valence-corrected chi connectivity index (χ1v) is 8.81. The summed E-state index contributed by atoms with van der Waals surface area (Å²) in [5.74, 6) is 0. The first kappa shape index (κ1) is 15.8.